The number of alkyl halides is 3. The van der Waals surface area contributed by atoms with E-state index in [9.17, 15) is 26.4 Å². The molecule has 11 heteroatoms. The summed E-state index contributed by atoms with van der Waals surface area (Å²) in [6, 6.07) is 6.30. The Morgan fingerprint density at radius 3 is 2.57 bits per heavy atom. The number of hydrogen-bond acceptors (Lipinski definition) is 5. The predicted molar refractivity (Wildman–Crippen MR) is 73.5 cm³/mol. The van der Waals surface area contributed by atoms with Gasteiger partial charge in [0.1, 0.15) is 18.0 Å². The highest BCUT2D eigenvalue weighted by Gasteiger charge is 2.37. The Morgan fingerprint density at radius 2 is 1.96 bits per heavy atom. The van der Waals surface area contributed by atoms with Gasteiger partial charge in [-0.15, -0.1) is 0 Å². The normalized spacial score (nSPS) is 12.9. The van der Waals surface area contributed by atoms with Gasteiger partial charge in [0, 0.05) is 5.39 Å². The summed E-state index contributed by atoms with van der Waals surface area (Å²) in [5, 5.41) is 3.92. The smallest absolute Gasteiger partial charge is 0.369 e. The number of primary amides is 1. The van der Waals surface area contributed by atoms with Gasteiger partial charge in [0.2, 0.25) is 15.9 Å². The van der Waals surface area contributed by atoms with Gasteiger partial charge in [0.25, 0.3) is 0 Å². The van der Waals surface area contributed by atoms with Crippen LogP contribution in [-0.2, 0) is 20.6 Å². The third-order valence-corrected chi connectivity index (χ3v) is 4.54. The predicted octanol–water partition coefficient (Wildman–Crippen LogP) is 1.01. The van der Waals surface area contributed by atoms with Crippen LogP contribution in [0.1, 0.15) is 5.69 Å². The minimum Gasteiger partial charge on any atom is -0.369 e. The average molecular weight is 351 g/mol. The lowest BCUT2D eigenvalue weighted by molar-refractivity contribution is -0.138. The summed E-state index contributed by atoms with van der Waals surface area (Å²) in [7, 11) is -4.48. The second-order valence-electron chi connectivity index (χ2n) is 4.73. The van der Waals surface area contributed by atoms with E-state index >= 15 is 0 Å². The van der Waals surface area contributed by atoms with Crippen LogP contribution in [0.4, 0.5) is 13.2 Å². The second-order valence-corrected chi connectivity index (χ2v) is 6.70. The molecule has 0 spiro atoms. The van der Waals surface area contributed by atoms with E-state index in [1.165, 1.54) is 12.1 Å². The number of aromatic nitrogens is 1. The zero-order valence-electron chi connectivity index (χ0n) is 11.6. The first-order valence-corrected chi connectivity index (χ1v) is 7.85. The van der Waals surface area contributed by atoms with Gasteiger partial charge in [-0.2, -0.15) is 17.5 Å². The monoisotopic (exact) mass is 351 g/mol. The molecule has 2 aromatic rings. The minimum atomic E-state index is -4.81. The quantitative estimate of drug-likeness (QED) is 0.836. The lowest BCUT2D eigenvalue weighted by Gasteiger charge is -2.21. The first-order chi connectivity index (χ1) is 10.6. The van der Waals surface area contributed by atoms with Crippen molar-refractivity contribution in [1.29, 1.82) is 0 Å². The molecule has 0 aliphatic rings. The summed E-state index contributed by atoms with van der Waals surface area (Å²) < 4.78 is 66.9. The number of benzene rings is 1. The Balaban J connectivity index is 2.31. The molecule has 0 atom stereocenters. The van der Waals surface area contributed by atoms with E-state index in [1.54, 1.807) is 12.1 Å². The van der Waals surface area contributed by atoms with Gasteiger partial charge >= 0.3 is 6.18 Å². The van der Waals surface area contributed by atoms with Crippen molar-refractivity contribution in [2.24, 2.45) is 5.73 Å². The Morgan fingerprint density at radius 1 is 1.30 bits per heavy atom. The largest absolute Gasteiger partial charge is 0.402 e. The fraction of sp³-hybridized carbons (Fsp3) is 0.333. The van der Waals surface area contributed by atoms with Gasteiger partial charge in [0.05, 0.1) is 6.54 Å². The molecular formula is C12H12F3N3O4S. The third-order valence-electron chi connectivity index (χ3n) is 2.85. The molecule has 0 saturated carbocycles. The summed E-state index contributed by atoms with van der Waals surface area (Å²) in [4.78, 5) is 10.9. The first-order valence-electron chi connectivity index (χ1n) is 6.25. The molecule has 1 aromatic carbocycles. The van der Waals surface area contributed by atoms with Gasteiger partial charge in [-0.3, -0.25) is 4.79 Å². The molecule has 0 saturated heterocycles. The van der Waals surface area contributed by atoms with Crippen LogP contribution < -0.4 is 5.73 Å². The standard InChI is InChI=1S/C12H12F3N3O4S/c13-12(14,15)7-18(5-11(16)19)23(20,21)6-9-8-3-1-2-4-10(8)22-17-9/h1-4H,5-7H2,(H2,16,19). The van der Waals surface area contributed by atoms with E-state index in [-0.39, 0.29) is 10.00 Å². The van der Waals surface area contributed by atoms with Crippen molar-refractivity contribution in [3.05, 3.63) is 30.0 Å². The highest BCUT2D eigenvalue weighted by molar-refractivity contribution is 7.88. The average Bonchev–Trinajstić information content (AvgIpc) is 2.79. The highest BCUT2D eigenvalue weighted by Crippen LogP contribution is 2.23. The van der Waals surface area contributed by atoms with E-state index in [0.717, 1.165) is 0 Å². The molecule has 0 fully saturated rings. The van der Waals surface area contributed by atoms with Crippen molar-refractivity contribution < 1.29 is 30.9 Å². The summed E-state index contributed by atoms with van der Waals surface area (Å²) in [5.74, 6) is -2.03. The van der Waals surface area contributed by atoms with E-state index in [0.29, 0.717) is 11.0 Å². The maximum absolute atomic E-state index is 12.5. The van der Waals surface area contributed by atoms with Crippen molar-refractivity contribution in [3.8, 4) is 0 Å². The zero-order valence-corrected chi connectivity index (χ0v) is 12.4. The molecule has 1 heterocycles. The fourth-order valence-corrected chi connectivity index (χ4v) is 3.34. The molecular weight excluding hydrogens is 339 g/mol. The Hall–Kier alpha value is -2.14. The number of fused-ring (bicyclic) bond motifs is 1. The first kappa shape index (κ1) is 17.2. The number of rotatable bonds is 6. The molecule has 1 amide bonds. The van der Waals surface area contributed by atoms with Gasteiger partial charge in [0.15, 0.2) is 5.58 Å². The summed E-state index contributed by atoms with van der Waals surface area (Å²) in [6.45, 7) is -2.88. The number of carbonyl (C=O) groups excluding carboxylic acids is 1. The van der Waals surface area contributed by atoms with Crippen LogP contribution in [-0.4, -0.2) is 43.1 Å². The summed E-state index contributed by atoms with van der Waals surface area (Å²) >= 11 is 0. The molecule has 1 aromatic heterocycles. The maximum atomic E-state index is 12.5. The van der Waals surface area contributed by atoms with Crippen LogP contribution in [0.3, 0.4) is 0 Å². The van der Waals surface area contributed by atoms with E-state index < -0.39 is 40.9 Å². The van der Waals surface area contributed by atoms with Gasteiger partial charge in [-0.05, 0) is 12.1 Å². The van der Waals surface area contributed by atoms with E-state index in [4.69, 9.17) is 10.3 Å². The highest BCUT2D eigenvalue weighted by atomic mass is 32.2. The van der Waals surface area contributed by atoms with Crippen molar-refractivity contribution >= 4 is 26.9 Å². The van der Waals surface area contributed by atoms with Crippen LogP contribution in [0.25, 0.3) is 11.0 Å². The number of nitrogens with two attached hydrogens (primary N) is 1. The van der Waals surface area contributed by atoms with Crippen molar-refractivity contribution in [3.63, 3.8) is 0 Å². The van der Waals surface area contributed by atoms with Gasteiger partial charge in [-0.25, -0.2) is 8.42 Å². The maximum Gasteiger partial charge on any atom is 0.402 e. The van der Waals surface area contributed by atoms with Crippen LogP contribution in [0.2, 0.25) is 0 Å². The third kappa shape index (κ3) is 4.42. The molecule has 7 nitrogen and oxygen atoms in total. The Bertz CT molecular complexity index is 816. The summed E-state index contributed by atoms with van der Waals surface area (Å²) in [6.07, 6.45) is -4.81. The van der Waals surface area contributed by atoms with Crippen LogP contribution >= 0.6 is 0 Å². The molecule has 0 unspecified atom stereocenters. The molecule has 126 valence electrons. The minimum absolute atomic E-state index is 0.0151. The molecule has 0 aliphatic heterocycles. The second kappa shape index (κ2) is 6.16. The van der Waals surface area contributed by atoms with Crippen LogP contribution in [0.15, 0.2) is 28.8 Å². The lowest BCUT2D eigenvalue weighted by atomic mass is 10.2. The van der Waals surface area contributed by atoms with Crippen LogP contribution in [0, 0.1) is 0 Å². The number of hydrogen-bond donors (Lipinski definition) is 1. The van der Waals surface area contributed by atoms with E-state index in [2.05, 4.69) is 5.16 Å². The van der Waals surface area contributed by atoms with Crippen molar-refractivity contribution in [2.75, 3.05) is 13.1 Å². The van der Waals surface area contributed by atoms with Gasteiger partial charge in [-0.1, -0.05) is 17.3 Å². The molecule has 2 N–H and O–H groups in total. The number of halogens is 3. The Labute approximate surface area is 128 Å². The van der Waals surface area contributed by atoms with E-state index in [1.807, 2.05) is 0 Å². The molecule has 23 heavy (non-hydrogen) atoms. The summed E-state index contributed by atoms with van der Waals surface area (Å²) in [5.41, 5.74) is 5.08. The van der Waals surface area contributed by atoms with Crippen LogP contribution in [0.5, 0.6) is 0 Å². The number of amides is 1. The molecule has 0 radical (unpaired) electrons. The SMILES string of the molecule is NC(=O)CN(CC(F)(F)F)S(=O)(=O)Cc1noc2ccccc12. The number of para-hydroxylation sites is 1. The Kier molecular flexibility index (Phi) is 4.61. The van der Waals surface area contributed by atoms with Crippen molar-refractivity contribution in [2.45, 2.75) is 11.9 Å². The molecule has 0 bridgehead atoms. The molecule has 0 aliphatic carbocycles. The number of nitrogens with zero attached hydrogens (tertiary/aromatic N) is 2. The van der Waals surface area contributed by atoms with Gasteiger partial charge < -0.3 is 10.3 Å². The topological polar surface area (TPSA) is 106 Å². The number of sulfonamides is 1. The molecule has 2 rings (SSSR count). The zero-order chi connectivity index (χ0) is 17.3. The fourth-order valence-electron chi connectivity index (χ4n) is 1.93. The lowest BCUT2D eigenvalue weighted by Crippen LogP contribution is -2.44. The van der Waals surface area contributed by atoms with Crippen molar-refractivity contribution in [1.82, 2.24) is 9.46 Å². The number of carbonyl (C=O) groups is 1.